The van der Waals surface area contributed by atoms with Crippen LogP contribution < -0.4 is 0 Å². The lowest BCUT2D eigenvalue weighted by atomic mass is 10.0. The van der Waals surface area contributed by atoms with Crippen LogP contribution in [0.25, 0.3) is 27.8 Å². The average Bonchev–Trinajstić information content (AvgIpc) is 3.21. The summed E-state index contributed by atoms with van der Waals surface area (Å²) in [7, 11) is 0. The molecule has 32 heavy (non-hydrogen) atoms. The molecule has 1 N–H and O–H groups in total. The SMILES string of the molecule is Cc1cccc(C)c1Sc1cc(-c2ccccc2)c(O)c(-n2nc3ccc(Cl)cc3n2)c1. The Morgan fingerprint density at radius 3 is 2.28 bits per heavy atom. The normalized spacial score (nSPS) is 11.2. The Hall–Kier alpha value is -3.28. The summed E-state index contributed by atoms with van der Waals surface area (Å²) in [5, 5.41) is 21.0. The number of benzene rings is 4. The Balaban J connectivity index is 1.70. The third kappa shape index (κ3) is 3.85. The van der Waals surface area contributed by atoms with E-state index in [0.717, 1.165) is 16.0 Å². The molecule has 4 nitrogen and oxygen atoms in total. The molecule has 1 aromatic heterocycles. The van der Waals surface area contributed by atoms with Crippen molar-refractivity contribution in [1.82, 2.24) is 15.0 Å². The van der Waals surface area contributed by atoms with E-state index in [-0.39, 0.29) is 5.75 Å². The topological polar surface area (TPSA) is 50.9 Å². The van der Waals surface area contributed by atoms with E-state index in [4.69, 9.17) is 11.6 Å². The van der Waals surface area contributed by atoms with Crippen molar-refractivity contribution in [2.75, 3.05) is 0 Å². The summed E-state index contributed by atoms with van der Waals surface area (Å²) in [5.74, 6) is 0.133. The number of hydrogen-bond donors (Lipinski definition) is 1. The highest BCUT2D eigenvalue weighted by molar-refractivity contribution is 7.99. The number of rotatable bonds is 4. The summed E-state index contributed by atoms with van der Waals surface area (Å²) in [5.41, 5.74) is 5.99. The van der Waals surface area contributed by atoms with Gasteiger partial charge in [-0.25, -0.2) is 0 Å². The van der Waals surface area contributed by atoms with E-state index < -0.39 is 0 Å². The molecule has 5 aromatic rings. The lowest BCUT2D eigenvalue weighted by Crippen LogP contribution is -2.00. The van der Waals surface area contributed by atoms with Gasteiger partial charge in [0.05, 0.1) is 0 Å². The highest BCUT2D eigenvalue weighted by Crippen LogP contribution is 2.41. The van der Waals surface area contributed by atoms with Crippen LogP contribution in [-0.4, -0.2) is 20.1 Å². The lowest BCUT2D eigenvalue weighted by Gasteiger charge is -2.14. The number of phenolic OH excluding ortho intramolecular Hbond substituents is 1. The van der Waals surface area contributed by atoms with Gasteiger partial charge in [0, 0.05) is 20.4 Å². The predicted molar refractivity (Wildman–Crippen MR) is 131 cm³/mol. The third-order valence-corrected chi connectivity index (χ3v) is 6.89. The minimum absolute atomic E-state index is 0.133. The minimum atomic E-state index is 0.133. The quantitative estimate of drug-likeness (QED) is 0.309. The Morgan fingerprint density at radius 2 is 1.53 bits per heavy atom. The summed E-state index contributed by atoms with van der Waals surface area (Å²) >= 11 is 7.80. The second kappa shape index (κ2) is 8.34. The molecule has 6 heteroatoms. The zero-order valence-electron chi connectivity index (χ0n) is 17.6. The molecule has 158 valence electrons. The third-order valence-electron chi connectivity index (χ3n) is 5.33. The molecule has 0 saturated carbocycles. The number of phenols is 1. The van der Waals surface area contributed by atoms with E-state index in [9.17, 15) is 5.11 Å². The number of aromatic hydroxyl groups is 1. The maximum absolute atomic E-state index is 11.2. The first-order valence-electron chi connectivity index (χ1n) is 10.2. The summed E-state index contributed by atoms with van der Waals surface area (Å²) in [6.07, 6.45) is 0. The largest absolute Gasteiger partial charge is 0.505 e. The first-order chi connectivity index (χ1) is 15.5. The van der Waals surface area contributed by atoms with Gasteiger partial charge in [0.1, 0.15) is 16.7 Å². The van der Waals surface area contributed by atoms with Gasteiger partial charge in [0.15, 0.2) is 5.75 Å². The molecule has 1 heterocycles. The Morgan fingerprint density at radius 1 is 0.812 bits per heavy atom. The highest BCUT2D eigenvalue weighted by Gasteiger charge is 2.17. The standard InChI is InChI=1S/C26H20ClN3OS/c1-16-7-6-8-17(2)26(16)32-20-14-21(18-9-4-3-5-10-18)25(31)24(15-20)30-28-22-12-11-19(27)13-23(22)29-30/h3-15,31H,1-2H3. The zero-order valence-corrected chi connectivity index (χ0v) is 19.2. The van der Waals surface area contributed by atoms with Crippen LogP contribution in [0.4, 0.5) is 0 Å². The summed E-state index contributed by atoms with van der Waals surface area (Å²) in [6, 6.07) is 25.5. The van der Waals surface area contributed by atoms with E-state index in [1.54, 1.807) is 23.9 Å². The predicted octanol–water partition coefficient (Wildman–Crippen LogP) is 7.21. The molecule has 0 aliphatic rings. The minimum Gasteiger partial charge on any atom is -0.505 e. The average molecular weight is 458 g/mol. The molecule has 0 unspecified atom stereocenters. The van der Waals surface area contributed by atoms with Gasteiger partial charge in [-0.3, -0.25) is 0 Å². The number of fused-ring (bicyclic) bond motifs is 1. The van der Waals surface area contributed by atoms with Crippen molar-refractivity contribution in [3.63, 3.8) is 0 Å². The van der Waals surface area contributed by atoms with Gasteiger partial charge < -0.3 is 5.11 Å². The first-order valence-corrected chi connectivity index (χ1v) is 11.4. The van der Waals surface area contributed by atoms with Crippen molar-refractivity contribution in [2.24, 2.45) is 0 Å². The van der Waals surface area contributed by atoms with E-state index in [1.807, 2.05) is 48.5 Å². The number of aromatic nitrogens is 3. The molecular formula is C26H20ClN3OS. The molecule has 0 aliphatic heterocycles. The van der Waals surface area contributed by atoms with Crippen molar-refractivity contribution in [3.05, 3.63) is 95.0 Å². The van der Waals surface area contributed by atoms with Crippen LogP contribution in [0.3, 0.4) is 0 Å². The maximum atomic E-state index is 11.2. The summed E-state index contributed by atoms with van der Waals surface area (Å²) < 4.78 is 0. The van der Waals surface area contributed by atoms with Crippen molar-refractivity contribution in [1.29, 1.82) is 0 Å². The zero-order chi connectivity index (χ0) is 22.2. The van der Waals surface area contributed by atoms with Gasteiger partial charge in [0.25, 0.3) is 0 Å². The molecule has 0 bridgehead atoms. The Kier molecular flexibility index (Phi) is 5.37. The van der Waals surface area contributed by atoms with Crippen molar-refractivity contribution < 1.29 is 5.11 Å². The van der Waals surface area contributed by atoms with Gasteiger partial charge in [-0.05, 0) is 60.9 Å². The van der Waals surface area contributed by atoms with Gasteiger partial charge in [-0.2, -0.15) is 0 Å². The summed E-state index contributed by atoms with van der Waals surface area (Å²) in [6.45, 7) is 4.22. The van der Waals surface area contributed by atoms with E-state index in [2.05, 4.69) is 42.2 Å². The van der Waals surface area contributed by atoms with Crippen LogP contribution in [0.15, 0.2) is 88.7 Å². The Bertz CT molecular complexity index is 1430. The Labute approximate surface area is 195 Å². The second-order valence-corrected chi connectivity index (χ2v) is 9.17. The van der Waals surface area contributed by atoms with Crippen LogP contribution in [0, 0.1) is 13.8 Å². The fourth-order valence-electron chi connectivity index (χ4n) is 3.72. The lowest BCUT2D eigenvalue weighted by molar-refractivity contribution is 0.469. The second-order valence-electron chi connectivity index (χ2n) is 7.65. The maximum Gasteiger partial charge on any atom is 0.150 e. The van der Waals surface area contributed by atoms with Gasteiger partial charge in [0.2, 0.25) is 0 Å². The van der Waals surface area contributed by atoms with Gasteiger partial charge >= 0.3 is 0 Å². The van der Waals surface area contributed by atoms with E-state index >= 15 is 0 Å². The van der Waals surface area contributed by atoms with Crippen LogP contribution in [0.2, 0.25) is 5.02 Å². The monoisotopic (exact) mass is 457 g/mol. The summed E-state index contributed by atoms with van der Waals surface area (Å²) in [4.78, 5) is 3.68. The molecule has 0 atom stereocenters. The molecule has 0 spiro atoms. The van der Waals surface area contributed by atoms with Gasteiger partial charge in [-0.1, -0.05) is 71.9 Å². The van der Waals surface area contributed by atoms with Crippen LogP contribution in [-0.2, 0) is 0 Å². The van der Waals surface area contributed by atoms with Crippen molar-refractivity contribution in [2.45, 2.75) is 23.6 Å². The fraction of sp³-hybridized carbons (Fsp3) is 0.0769. The molecule has 0 saturated heterocycles. The van der Waals surface area contributed by atoms with Crippen molar-refractivity contribution >= 4 is 34.4 Å². The molecular weight excluding hydrogens is 438 g/mol. The van der Waals surface area contributed by atoms with Crippen LogP contribution >= 0.6 is 23.4 Å². The molecule has 0 radical (unpaired) electrons. The highest BCUT2D eigenvalue weighted by atomic mass is 35.5. The van der Waals surface area contributed by atoms with Gasteiger partial charge in [-0.15, -0.1) is 15.0 Å². The number of nitrogens with zero attached hydrogens (tertiary/aromatic N) is 3. The number of aryl methyl sites for hydroxylation is 2. The van der Waals surface area contributed by atoms with Crippen LogP contribution in [0.1, 0.15) is 11.1 Å². The van der Waals surface area contributed by atoms with Crippen LogP contribution in [0.5, 0.6) is 5.75 Å². The molecule has 4 aromatic carbocycles. The van der Waals surface area contributed by atoms with Crippen molar-refractivity contribution in [3.8, 4) is 22.6 Å². The fourth-order valence-corrected chi connectivity index (χ4v) is 4.92. The molecule has 0 amide bonds. The molecule has 0 fully saturated rings. The molecule has 5 rings (SSSR count). The first kappa shape index (κ1) is 20.6. The van der Waals surface area contributed by atoms with E-state index in [0.29, 0.717) is 21.7 Å². The molecule has 0 aliphatic carbocycles. The number of hydrogen-bond acceptors (Lipinski definition) is 4. The van der Waals surface area contributed by atoms with E-state index in [1.165, 1.54) is 20.8 Å². The smallest absolute Gasteiger partial charge is 0.150 e. The number of halogens is 1.